The molecule has 1 heterocycles. The maximum Gasteiger partial charge on any atom is 0.220 e. The Morgan fingerprint density at radius 1 is 1.17 bits per heavy atom. The third-order valence-corrected chi connectivity index (χ3v) is 5.42. The predicted octanol–water partition coefficient (Wildman–Crippen LogP) is 5.22. The van der Waals surface area contributed by atoms with Gasteiger partial charge in [0.15, 0.2) is 0 Å². The molecule has 130 valence electrons. The molecule has 0 aliphatic heterocycles. The van der Waals surface area contributed by atoms with Gasteiger partial charge in [0.05, 0.1) is 15.1 Å². The number of nitrogens with one attached hydrogen (secondary N) is 1. The van der Waals surface area contributed by atoms with Gasteiger partial charge in [0.1, 0.15) is 0 Å². The van der Waals surface area contributed by atoms with Crippen LogP contribution in [0.15, 0.2) is 23.6 Å². The number of benzene rings is 1. The van der Waals surface area contributed by atoms with Crippen LogP contribution in [-0.4, -0.2) is 17.4 Å². The first-order valence-electron chi connectivity index (χ1n) is 8.16. The summed E-state index contributed by atoms with van der Waals surface area (Å²) in [6.07, 6.45) is 5.20. The number of halogens is 2. The van der Waals surface area contributed by atoms with Gasteiger partial charge in [0, 0.05) is 24.0 Å². The van der Waals surface area contributed by atoms with Crippen LogP contribution in [0.2, 0.25) is 10.0 Å². The van der Waals surface area contributed by atoms with Crippen molar-refractivity contribution in [1.82, 2.24) is 10.3 Å². The molecule has 0 aliphatic carbocycles. The van der Waals surface area contributed by atoms with E-state index in [0.29, 0.717) is 16.5 Å². The zero-order valence-corrected chi connectivity index (χ0v) is 16.1. The molecule has 1 aromatic heterocycles. The Labute approximate surface area is 157 Å². The molecule has 3 nitrogen and oxygen atoms in total. The number of aromatic nitrogens is 1. The van der Waals surface area contributed by atoms with E-state index in [4.69, 9.17) is 23.2 Å². The van der Waals surface area contributed by atoms with Crippen LogP contribution in [-0.2, 0) is 17.6 Å². The minimum Gasteiger partial charge on any atom is -0.356 e. The van der Waals surface area contributed by atoms with Crippen molar-refractivity contribution in [3.05, 3.63) is 49.9 Å². The summed E-state index contributed by atoms with van der Waals surface area (Å²) < 4.78 is 0. The van der Waals surface area contributed by atoms with Gasteiger partial charge in [-0.1, -0.05) is 29.3 Å². The Bertz CT molecular complexity index is 673. The molecule has 2 rings (SSSR count). The lowest BCUT2D eigenvalue weighted by Gasteiger charge is -2.06. The molecule has 1 amide bonds. The largest absolute Gasteiger partial charge is 0.356 e. The average molecular weight is 385 g/mol. The number of unbranched alkanes of at least 4 members (excludes halogenated alkanes) is 1. The van der Waals surface area contributed by atoms with Gasteiger partial charge in [0.25, 0.3) is 0 Å². The molecule has 0 unspecified atom stereocenters. The van der Waals surface area contributed by atoms with Gasteiger partial charge in [-0.05, 0) is 56.7 Å². The van der Waals surface area contributed by atoms with E-state index >= 15 is 0 Å². The maximum absolute atomic E-state index is 11.8. The van der Waals surface area contributed by atoms with E-state index in [0.717, 1.165) is 49.9 Å². The minimum absolute atomic E-state index is 0.111. The van der Waals surface area contributed by atoms with Crippen molar-refractivity contribution in [1.29, 1.82) is 0 Å². The number of nitrogens with zero attached hydrogens (tertiary/aromatic N) is 1. The van der Waals surface area contributed by atoms with E-state index in [1.54, 1.807) is 17.4 Å². The summed E-state index contributed by atoms with van der Waals surface area (Å²) in [5.41, 5.74) is 2.20. The topological polar surface area (TPSA) is 42.0 Å². The van der Waals surface area contributed by atoms with Gasteiger partial charge in [-0.2, -0.15) is 0 Å². The van der Waals surface area contributed by atoms with Gasteiger partial charge in [-0.3, -0.25) is 4.79 Å². The highest BCUT2D eigenvalue weighted by atomic mass is 35.5. The van der Waals surface area contributed by atoms with Crippen molar-refractivity contribution in [3.63, 3.8) is 0 Å². The summed E-state index contributed by atoms with van der Waals surface area (Å²) in [7, 11) is 0. The molecular formula is C18H22Cl2N2OS. The SMILES string of the molecule is Cc1csc(CCCCNC(=O)CCCc2ccc(Cl)c(Cl)c2)n1. The summed E-state index contributed by atoms with van der Waals surface area (Å²) in [5, 5.41) is 7.36. The standard InChI is InChI=1S/C18H22Cl2N2OS/c1-13-12-24-18(22-13)7-2-3-10-21-17(23)6-4-5-14-8-9-15(19)16(20)11-14/h8-9,11-12H,2-7,10H2,1H3,(H,21,23). The van der Waals surface area contributed by atoms with E-state index in [-0.39, 0.29) is 5.91 Å². The molecule has 0 fully saturated rings. The number of hydrogen-bond donors (Lipinski definition) is 1. The lowest BCUT2D eigenvalue weighted by atomic mass is 10.1. The van der Waals surface area contributed by atoms with Crippen LogP contribution < -0.4 is 5.32 Å². The fourth-order valence-electron chi connectivity index (χ4n) is 2.38. The number of aryl methyl sites for hydroxylation is 3. The predicted molar refractivity (Wildman–Crippen MR) is 102 cm³/mol. The molecule has 0 spiro atoms. The second kappa shape index (κ2) is 10.0. The van der Waals surface area contributed by atoms with Gasteiger partial charge < -0.3 is 5.32 Å². The van der Waals surface area contributed by atoms with Crippen LogP contribution in [0.3, 0.4) is 0 Å². The summed E-state index contributed by atoms with van der Waals surface area (Å²) in [6, 6.07) is 5.61. The molecule has 0 atom stereocenters. The maximum atomic E-state index is 11.8. The second-order valence-electron chi connectivity index (χ2n) is 5.79. The Morgan fingerprint density at radius 3 is 2.71 bits per heavy atom. The van der Waals surface area contributed by atoms with Gasteiger partial charge >= 0.3 is 0 Å². The van der Waals surface area contributed by atoms with Crippen molar-refractivity contribution in [2.75, 3.05) is 6.54 Å². The van der Waals surface area contributed by atoms with Crippen LogP contribution in [0.25, 0.3) is 0 Å². The van der Waals surface area contributed by atoms with Crippen molar-refractivity contribution in [2.45, 2.75) is 45.4 Å². The second-order valence-corrected chi connectivity index (χ2v) is 7.55. The molecule has 24 heavy (non-hydrogen) atoms. The van der Waals surface area contributed by atoms with Crippen LogP contribution in [0, 0.1) is 6.92 Å². The molecule has 0 saturated heterocycles. The third-order valence-electron chi connectivity index (χ3n) is 3.66. The van der Waals surface area contributed by atoms with Crippen LogP contribution in [0.1, 0.15) is 41.9 Å². The number of carbonyl (C=O) groups is 1. The van der Waals surface area contributed by atoms with Crippen LogP contribution in [0.4, 0.5) is 0 Å². The van der Waals surface area contributed by atoms with Crippen molar-refractivity contribution >= 4 is 40.4 Å². The van der Waals surface area contributed by atoms with Crippen molar-refractivity contribution in [2.24, 2.45) is 0 Å². The van der Waals surface area contributed by atoms with Gasteiger partial charge in [-0.15, -0.1) is 11.3 Å². The molecule has 0 saturated carbocycles. The van der Waals surface area contributed by atoms with E-state index in [1.807, 2.05) is 19.1 Å². The highest BCUT2D eigenvalue weighted by molar-refractivity contribution is 7.09. The molecule has 0 aliphatic rings. The molecule has 0 radical (unpaired) electrons. The molecule has 6 heteroatoms. The zero-order valence-electron chi connectivity index (χ0n) is 13.8. The first kappa shape index (κ1) is 19.2. The van der Waals surface area contributed by atoms with Crippen molar-refractivity contribution < 1.29 is 4.79 Å². The number of thiazole rings is 1. The van der Waals surface area contributed by atoms with Gasteiger partial charge in [0.2, 0.25) is 5.91 Å². The number of carbonyl (C=O) groups excluding carboxylic acids is 1. The van der Waals surface area contributed by atoms with Crippen LogP contribution in [0.5, 0.6) is 0 Å². The van der Waals surface area contributed by atoms with Gasteiger partial charge in [-0.25, -0.2) is 4.98 Å². The Kier molecular flexibility index (Phi) is 8.03. The number of hydrogen-bond acceptors (Lipinski definition) is 3. The van der Waals surface area contributed by atoms with Crippen LogP contribution >= 0.6 is 34.5 Å². The third kappa shape index (κ3) is 6.80. The highest BCUT2D eigenvalue weighted by Crippen LogP contribution is 2.23. The fraction of sp³-hybridized carbons (Fsp3) is 0.444. The monoisotopic (exact) mass is 384 g/mol. The zero-order chi connectivity index (χ0) is 17.4. The summed E-state index contributed by atoms with van der Waals surface area (Å²) >= 11 is 13.6. The lowest BCUT2D eigenvalue weighted by molar-refractivity contribution is -0.121. The molecule has 0 bridgehead atoms. The summed E-state index contributed by atoms with van der Waals surface area (Å²) in [5.74, 6) is 0.111. The van der Waals surface area contributed by atoms with E-state index < -0.39 is 0 Å². The van der Waals surface area contributed by atoms with E-state index in [9.17, 15) is 4.79 Å². The Morgan fingerprint density at radius 2 is 2.00 bits per heavy atom. The van der Waals surface area contributed by atoms with E-state index in [2.05, 4.69) is 15.7 Å². The van der Waals surface area contributed by atoms with E-state index in [1.165, 1.54) is 5.01 Å². The quantitative estimate of drug-likeness (QED) is 0.602. The first-order chi connectivity index (χ1) is 11.5. The first-order valence-corrected chi connectivity index (χ1v) is 9.80. The number of amides is 1. The lowest BCUT2D eigenvalue weighted by Crippen LogP contribution is -2.24. The normalized spacial score (nSPS) is 10.8. The minimum atomic E-state index is 0.111. The van der Waals surface area contributed by atoms with Crippen molar-refractivity contribution in [3.8, 4) is 0 Å². The average Bonchev–Trinajstić information content (AvgIpc) is 2.96. The highest BCUT2D eigenvalue weighted by Gasteiger charge is 2.04. The summed E-state index contributed by atoms with van der Waals surface area (Å²) in [4.78, 5) is 16.3. The Hall–Kier alpha value is -1.10. The number of rotatable bonds is 9. The molecule has 2 aromatic rings. The summed E-state index contributed by atoms with van der Waals surface area (Å²) in [6.45, 7) is 2.74. The Balaban J connectivity index is 1.54. The molecule has 1 aromatic carbocycles. The molecule has 1 N–H and O–H groups in total. The smallest absolute Gasteiger partial charge is 0.220 e. The molecular weight excluding hydrogens is 363 g/mol. The fourth-order valence-corrected chi connectivity index (χ4v) is 3.52.